The van der Waals surface area contributed by atoms with Crippen molar-refractivity contribution in [2.24, 2.45) is 0 Å². The third-order valence-corrected chi connectivity index (χ3v) is 3.21. The third-order valence-electron chi connectivity index (χ3n) is 2.44. The van der Waals surface area contributed by atoms with Gasteiger partial charge in [0.05, 0.1) is 11.9 Å². The fraction of sp³-hybridized carbons (Fsp3) is 0.0909. The minimum Gasteiger partial charge on any atom is -0.235 e. The van der Waals surface area contributed by atoms with Crippen LogP contribution in [0.2, 0.25) is 5.15 Å². The summed E-state index contributed by atoms with van der Waals surface area (Å²) < 4.78 is 1.68. The van der Waals surface area contributed by atoms with Crippen molar-refractivity contribution in [1.29, 1.82) is 0 Å². The Hall–Kier alpha value is -1.66. The molecule has 0 aliphatic rings. The van der Waals surface area contributed by atoms with Gasteiger partial charge in [0.15, 0.2) is 10.8 Å². The Morgan fingerprint density at radius 3 is 2.61 bits per heavy atom. The molecular formula is C11H8ClN5S. The Balaban J connectivity index is 2.15. The average Bonchev–Trinajstić information content (AvgIpc) is 2.82. The van der Waals surface area contributed by atoms with E-state index >= 15 is 0 Å². The molecule has 3 heterocycles. The molecule has 3 aromatic rings. The van der Waals surface area contributed by atoms with Gasteiger partial charge in [-0.3, -0.25) is 0 Å². The standard InChI is InChI=1S/C11H8ClN5S/c1-18-11-14-4-7(5-15-11)8-6-13-10-3-2-9(12)16-17(8)10/h2-6H,1H3. The Bertz CT molecular complexity index is 694. The van der Waals surface area contributed by atoms with Gasteiger partial charge in [-0.15, -0.1) is 0 Å². The van der Waals surface area contributed by atoms with Gasteiger partial charge in [0, 0.05) is 18.0 Å². The van der Waals surface area contributed by atoms with Crippen LogP contribution in [-0.4, -0.2) is 30.8 Å². The summed E-state index contributed by atoms with van der Waals surface area (Å²) in [5.41, 5.74) is 2.42. The number of rotatable bonds is 2. The molecule has 3 aromatic heterocycles. The summed E-state index contributed by atoms with van der Waals surface area (Å²) in [6.45, 7) is 0. The number of aromatic nitrogens is 5. The summed E-state index contributed by atoms with van der Waals surface area (Å²) in [7, 11) is 0. The van der Waals surface area contributed by atoms with Gasteiger partial charge in [0.1, 0.15) is 5.15 Å². The van der Waals surface area contributed by atoms with Crippen LogP contribution in [-0.2, 0) is 0 Å². The fourth-order valence-electron chi connectivity index (χ4n) is 1.60. The van der Waals surface area contributed by atoms with Crippen LogP contribution < -0.4 is 0 Å². The number of fused-ring (bicyclic) bond motifs is 1. The van der Waals surface area contributed by atoms with Crippen molar-refractivity contribution in [2.75, 3.05) is 6.26 Å². The smallest absolute Gasteiger partial charge is 0.187 e. The Kier molecular flexibility index (Phi) is 2.89. The van der Waals surface area contributed by atoms with Crippen LogP contribution in [0.25, 0.3) is 16.9 Å². The van der Waals surface area contributed by atoms with Gasteiger partial charge < -0.3 is 0 Å². The lowest BCUT2D eigenvalue weighted by atomic mass is 10.3. The molecule has 0 saturated carbocycles. The van der Waals surface area contributed by atoms with Crippen molar-refractivity contribution in [1.82, 2.24) is 24.6 Å². The Morgan fingerprint density at radius 2 is 1.89 bits per heavy atom. The molecule has 0 aliphatic carbocycles. The van der Waals surface area contributed by atoms with Crippen molar-refractivity contribution in [2.45, 2.75) is 5.16 Å². The van der Waals surface area contributed by atoms with Crippen LogP contribution >= 0.6 is 23.4 Å². The van der Waals surface area contributed by atoms with E-state index < -0.39 is 0 Å². The molecule has 0 N–H and O–H groups in total. The van der Waals surface area contributed by atoms with Gasteiger partial charge in [-0.25, -0.2) is 19.5 Å². The predicted molar refractivity (Wildman–Crippen MR) is 70.8 cm³/mol. The van der Waals surface area contributed by atoms with Crippen molar-refractivity contribution in [3.8, 4) is 11.3 Å². The first-order valence-electron chi connectivity index (χ1n) is 5.14. The Labute approximate surface area is 112 Å². The summed E-state index contributed by atoms with van der Waals surface area (Å²) >= 11 is 7.39. The number of halogens is 1. The third kappa shape index (κ3) is 1.93. The molecule has 7 heteroatoms. The maximum absolute atomic E-state index is 5.89. The first-order chi connectivity index (χ1) is 8.78. The summed E-state index contributed by atoms with van der Waals surface area (Å²) in [5, 5.41) is 5.37. The zero-order valence-corrected chi connectivity index (χ0v) is 11.0. The molecule has 18 heavy (non-hydrogen) atoms. The molecular weight excluding hydrogens is 270 g/mol. The average molecular weight is 278 g/mol. The van der Waals surface area contributed by atoms with Gasteiger partial charge in [0.2, 0.25) is 0 Å². The second-order valence-corrected chi connectivity index (χ2v) is 4.69. The van der Waals surface area contributed by atoms with E-state index in [9.17, 15) is 0 Å². The molecule has 0 bridgehead atoms. The van der Waals surface area contributed by atoms with Crippen LogP contribution in [0.15, 0.2) is 35.9 Å². The van der Waals surface area contributed by atoms with E-state index in [2.05, 4.69) is 20.1 Å². The summed E-state index contributed by atoms with van der Waals surface area (Å²) in [6.07, 6.45) is 7.18. The lowest BCUT2D eigenvalue weighted by Gasteiger charge is -2.01. The normalized spacial score (nSPS) is 11.0. The van der Waals surface area contributed by atoms with E-state index in [1.54, 1.807) is 29.2 Å². The Morgan fingerprint density at radius 1 is 1.11 bits per heavy atom. The van der Waals surface area contributed by atoms with Gasteiger partial charge in [0.25, 0.3) is 0 Å². The molecule has 0 radical (unpaired) electrons. The zero-order chi connectivity index (χ0) is 12.5. The van der Waals surface area contributed by atoms with E-state index in [-0.39, 0.29) is 0 Å². The second-order valence-electron chi connectivity index (χ2n) is 3.53. The fourth-order valence-corrected chi connectivity index (χ4v) is 2.06. The molecule has 0 fully saturated rings. The first kappa shape index (κ1) is 11.4. The minimum atomic E-state index is 0.420. The number of thioether (sulfide) groups is 1. The highest BCUT2D eigenvalue weighted by molar-refractivity contribution is 7.98. The van der Waals surface area contributed by atoms with E-state index in [1.807, 2.05) is 12.3 Å². The molecule has 0 spiro atoms. The molecule has 5 nitrogen and oxygen atoms in total. The van der Waals surface area contributed by atoms with E-state index in [4.69, 9.17) is 11.6 Å². The number of imidazole rings is 1. The molecule has 90 valence electrons. The highest BCUT2D eigenvalue weighted by Crippen LogP contribution is 2.20. The highest BCUT2D eigenvalue weighted by atomic mass is 35.5. The molecule has 3 rings (SSSR count). The maximum atomic E-state index is 5.89. The number of hydrogen-bond donors (Lipinski definition) is 0. The summed E-state index contributed by atoms with van der Waals surface area (Å²) in [4.78, 5) is 12.7. The highest BCUT2D eigenvalue weighted by Gasteiger charge is 2.08. The first-order valence-corrected chi connectivity index (χ1v) is 6.75. The van der Waals surface area contributed by atoms with Crippen molar-refractivity contribution < 1.29 is 0 Å². The topological polar surface area (TPSA) is 56.0 Å². The zero-order valence-electron chi connectivity index (χ0n) is 9.41. The van der Waals surface area contributed by atoms with Gasteiger partial charge in [-0.05, 0) is 18.4 Å². The lowest BCUT2D eigenvalue weighted by Crippen LogP contribution is -1.95. The quantitative estimate of drug-likeness (QED) is 0.532. The number of nitrogens with zero attached hydrogens (tertiary/aromatic N) is 5. The molecule has 0 unspecified atom stereocenters. The minimum absolute atomic E-state index is 0.420. The summed E-state index contributed by atoms with van der Waals surface area (Å²) in [6, 6.07) is 3.52. The van der Waals surface area contributed by atoms with E-state index in [1.165, 1.54) is 11.8 Å². The van der Waals surface area contributed by atoms with Crippen LogP contribution in [0.5, 0.6) is 0 Å². The molecule has 0 saturated heterocycles. The van der Waals surface area contributed by atoms with Crippen LogP contribution in [0, 0.1) is 0 Å². The van der Waals surface area contributed by atoms with Crippen LogP contribution in [0.1, 0.15) is 0 Å². The van der Waals surface area contributed by atoms with E-state index in [0.717, 1.165) is 22.1 Å². The second kappa shape index (κ2) is 4.55. The maximum Gasteiger partial charge on any atom is 0.187 e. The van der Waals surface area contributed by atoms with Gasteiger partial charge in [-0.1, -0.05) is 23.4 Å². The number of hydrogen-bond acceptors (Lipinski definition) is 5. The van der Waals surface area contributed by atoms with Crippen molar-refractivity contribution in [3.63, 3.8) is 0 Å². The molecule has 0 atom stereocenters. The van der Waals surface area contributed by atoms with Crippen LogP contribution in [0.3, 0.4) is 0 Å². The van der Waals surface area contributed by atoms with Crippen LogP contribution in [0.4, 0.5) is 0 Å². The van der Waals surface area contributed by atoms with E-state index in [0.29, 0.717) is 5.15 Å². The molecule has 0 aliphatic heterocycles. The monoisotopic (exact) mass is 277 g/mol. The lowest BCUT2D eigenvalue weighted by molar-refractivity contribution is 0.928. The predicted octanol–water partition coefficient (Wildman–Crippen LogP) is 2.56. The molecule has 0 amide bonds. The van der Waals surface area contributed by atoms with Gasteiger partial charge in [-0.2, -0.15) is 5.10 Å². The van der Waals surface area contributed by atoms with Gasteiger partial charge >= 0.3 is 0 Å². The van der Waals surface area contributed by atoms with Crippen molar-refractivity contribution >= 4 is 29.0 Å². The largest absolute Gasteiger partial charge is 0.235 e. The summed E-state index contributed by atoms with van der Waals surface area (Å²) in [5.74, 6) is 0. The molecule has 0 aromatic carbocycles. The van der Waals surface area contributed by atoms with Crippen molar-refractivity contribution in [3.05, 3.63) is 35.9 Å². The SMILES string of the molecule is CSc1ncc(-c2cnc3ccc(Cl)nn23)cn1.